The Kier molecular flexibility index (Phi) is 5.18. The number of nitrogens with one attached hydrogen (secondary N) is 2. The Balaban J connectivity index is 2.02. The largest absolute Gasteiger partial charge is 0.368 e. The van der Waals surface area contributed by atoms with Crippen LogP contribution in [0, 0.1) is 6.92 Å². The number of thiazole rings is 1. The van der Waals surface area contributed by atoms with Crippen molar-refractivity contribution in [2.75, 3.05) is 23.7 Å². The number of anilines is 2. The average molecular weight is 306 g/mol. The molecule has 0 aromatic carbocycles. The second-order valence-electron chi connectivity index (χ2n) is 4.34. The van der Waals surface area contributed by atoms with Crippen LogP contribution in [-0.2, 0) is 6.42 Å². The number of hydrogen-bond donors (Lipinski definition) is 3. The highest BCUT2D eigenvalue weighted by atomic mass is 32.1. The molecule has 0 saturated heterocycles. The SMILES string of the molecule is CCc1sc(NC(=O)c2cnc(NCCN)cn2)nc1C. The Hall–Kier alpha value is -2.06. The van der Waals surface area contributed by atoms with E-state index >= 15 is 0 Å². The molecule has 0 fully saturated rings. The van der Waals surface area contributed by atoms with Crippen molar-refractivity contribution in [3.05, 3.63) is 28.7 Å². The third kappa shape index (κ3) is 3.96. The fraction of sp³-hybridized carbons (Fsp3) is 0.385. The molecule has 21 heavy (non-hydrogen) atoms. The van der Waals surface area contributed by atoms with E-state index < -0.39 is 0 Å². The lowest BCUT2D eigenvalue weighted by molar-refractivity contribution is 0.102. The van der Waals surface area contributed by atoms with Crippen molar-refractivity contribution in [3.8, 4) is 0 Å². The summed E-state index contributed by atoms with van der Waals surface area (Å²) in [5.74, 6) is 0.277. The highest BCUT2D eigenvalue weighted by molar-refractivity contribution is 7.15. The minimum atomic E-state index is -0.315. The molecule has 4 N–H and O–H groups in total. The Bertz CT molecular complexity index is 610. The van der Waals surface area contributed by atoms with Gasteiger partial charge < -0.3 is 11.1 Å². The van der Waals surface area contributed by atoms with Crippen LogP contribution in [0.4, 0.5) is 10.9 Å². The second-order valence-corrected chi connectivity index (χ2v) is 5.42. The predicted octanol–water partition coefficient (Wildman–Crippen LogP) is 1.43. The number of nitrogens with two attached hydrogens (primary N) is 1. The van der Waals surface area contributed by atoms with Crippen molar-refractivity contribution in [2.24, 2.45) is 5.73 Å². The average Bonchev–Trinajstić information content (AvgIpc) is 2.85. The maximum absolute atomic E-state index is 12.1. The minimum Gasteiger partial charge on any atom is -0.368 e. The van der Waals surface area contributed by atoms with E-state index in [-0.39, 0.29) is 11.6 Å². The zero-order valence-electron chi connectivity index (χ0n) is 12.0. The van der Waals surface area contributed by atoms with Gasteiger partial charge in [0.2, 0.25) is 0 Å². The molecular formula is C13H18N6OS. The Morgan fingerprint density at radius 3 is 2.76 bits per heavy atom. The van der Waals surface area contributed by atoms with Gasteiger partial charge in [-0.25, -0.2) is 15.0 Å². The molecule has 2 aromatic heterocycles. The molecule has 0 aliphatic rings. The van der Waals surface area contributed by atoms with Crippen LogP contribution in [0.2, 0.25) is 0 Å². The maximum atomic E-state index is 12.1. The third-order valence-electron chi connectivity index (χ3n) is 2.77. The van der Waals surface area contributed by atoms with Crippen molar-refractivity contribution in [1.82, 2.24) is 15.0 Å². The summed E-state index contributed by atoms with van der Waals surface area (Å²) in [4.78, 5) is 25.7. The highest BCUT2D eigenvalue weighted by Gasteiger charge is 2.12. The fourth-order valence-electron chi connectivity index (χ4n) is 1.71. The molecule has 8 heteroatoms. The van der Waals surface area contributed by atoms with Crippen LogP contribution in [0.25, 0.3) is 0 Å². The Morgan fingerprint density at radius 1 is 1.38 bits per heavy atom. The van der Waals surface area contributed by atoms with Crippen LogP contribution < -0.4 is 16.4 Å². The zero-order chi connectivity index (χ0) is 15.2. The molecule has 0 bridgehead atoms. The molecule has 7 nitrogen and oxygen atoms in total. The van der Waals surface area contributed by atoms with Crippen molar-refractivity contribution < 1.29 is 4.79 Å². The first kappa shape index (κ1) is 15.3. The molecule has 0 aliphatic heterocycles. The number of amides is 1. The topological polar surface area (TPSA) is 106 Å². The van der Waals surface area contributed by atoms with Crippen LogP contribution in [0.3, 0.4) is 0 Å². The van der Waals surface area contributed by atoms with Gasteiger partial charge in [-0.05, 0) is 13.3 Å². The number of carbonyl (C=O) groups is 1. The first-order valence-electron chi connectivity index (χ1n) is 6.67. The summed E-state index contributed by atoms with van der Waals surface area (Å²) in [7, 11) is 0. The van der Waals surface area contributed by atoms with Crippen molar-refractivity contribution in [3.63, 3.8) is 0 Å². The Morgan fingerprint density at radius 2 is 2.19 bits per heavy atom. The van der Waals surface area contributed by atoms with E-state index in [9.17, 15) is 4.79 Å². The van der Waals surface area contributed by atoms with Crippen LogP contribution in [0.5, 0.6) is 0 Å². The number of carbonyl (C=O) groups excluding carboxylic acids is 1. The smallest absolute Gasteiger partial charge is 0.277 e. The summed E-state index contributed by atoms with van der Waals surface area (Å²) in [6.07, 6.45) is 3.84. The molecule has 2 heterocycles. The molecule has 0 spiro atoms. The Labute approximate surface area is 127 Å². The third-order valence-corrected chi connectivity index (χ3v) is 3.99. The molecule has 0 unspecified atom stereocenters. The summed E-state index contributed by atoms with van der Waals surface area (Å²) in [5.41, 5.74) is 6.58. The molecule has 0 aliphatic carbocycles. The van der Waals surface area contributed by atoms with E-state index in [2.05, 4.69) is 32.5 Å². The van der Waals surface area contributed by atoms with E-state index in [1.54, 1.807) is 0 Å². The van der Waals surface area contributed by atoms with Gasteiger partial charge in [-0.1, -0.05) is 6.92 Å². The van der Waals surface area contributed by atoms with Gasteiger partial charge in [0.25, 0.3) is 5.91 Å². The van der Waals surface area contributed by atoms with E-state index in [0.29, 0.717) is 24.0 Å². The van der Waals surface area contributed by atoms with Gasteiger partial charge in [-0.15, -0.1) is 11.3 Å². The molecule has 2 aromatic rings. The van der Waals surface area contributed by atoms with E-state index in [1.807, 2.05) is 6.92 Å². The first-order valence-corrected chi connectivity index (χ1v) is 7.49. The summed E-state index contributed by atoms with van der Waals surface area (Å²) in [5, 5.41) is 6.31. The van der Waals surface area contributed by atoms with Crippen LogP contribution >= 0.6 is 11.3 Å². The number of hydrogen-bond acceptors (Lipinski definition) is 7. The van der Waals surface area contributed by atoms with E-state index in [4.69, 9.17) is 5.73 Å². The molecule has 0 saturated carbocycles. The van der Waals surface area contributed by atoms with Crippen LogP contribution in [0.15, 0.2) is 12.4 Å². The van der Waals surface area contributed by atoms with Gasteiger partial charge in [0.1, 0.15) is 11.5 Å². The quantitative estimate of drug-likeness (QED) is 0.745. The van der Waals surface area contributed by atoms with Gasteiger partial charge in [0.05, 0.1) is 18.1 Å². The number of aromatic nitrogens is 3. The van der Waals surface area contributed by atoms with Crippen LogP contribution in [-0.4, -0.2) is 33.9 Å². The molecule has 2 rings (SSSR count). The van der Waals surface area contributed by atoms with Gasteiger partial charge in [-0.2, -0.15) is 0 Å². The van der Waals surface area contributed by atoms with E-state index in [1.165, 1.54) is 23.7 Å². The van der Waals surface area contributed by atoms with Crippen molar-refractivity contribution in [1.29, 1.82) is 0 Å². The summed E-state index contributed by atoms with van der Waals surface area (Å²) >= 11 is 1.48. The van der Waals surface area contributed by atoms with Gasteiger partial charge >= 0.3 is 0 Å². The summed E-state index contributed by atoms with van der Waals surface area (Å²) in [6.45, 7) is 5.11. The predicted molar refractivity (Wildman–Crippen MR) is 83.8 cm³/mol. The van der Waals surface area contributed by atoms with Crippen molar-refractivity contribution >= 4 is 28.2 Å². The summed E-state index contributed by atoms with van der Waals surface area (Å²) in [6, 6.07) is 0. The van der Waals surface area contributed by atoms with Gasteiger partial charge in [0, 0.05) is 18.0 Å². The fourth-order valence-corrected chi connectivity index (χ4v) is 2.60. The minimum absolute atomic E-state index is 0.249. The molecule has 0 atom stereocenters. The lowest BCUT2D eigenvalue weighted by Crippen LogP contribution is -2.16. The lowest BCUT2D eigenvalue weighted by Gasteiger charge is -2.04. The normalized spacial score (nSPS) is 10.4. The first-order chi connectivity index (χ1) is 10.1. The lowest BCUT2D eigenvalue weighted by atomic mass is 10.3. The van der Waals surface area contributed by atoms with Gasteiger partial charge in [-0.3, -0.25) is 10.1 Å². The summed E-state index contributed by atoms with van der Waals surface area (Å²) < 4.78 is 0. The standard InChI is InChI=1S/C13H18N6OS/c1-3-10-8(2)18-13(21-10)19-12(20)9-6-17-11(7-16-9)15-5-4-14/h6-7H,3-5,14H2,1-2H3,(H,15,17)(H,18,19,20). The molecule has 0 radical (unpaired) electrons. The number of aryl methyl sites for hydroxylation is 2. The molecule has 1 amide bonds. The van der Waals surface area contributed by atoms with Gasteiger partial charge in [0.15, 0.2) is 5.13 Å². The molecular weight excluding hydrogens is 288 g/mol. The number of rotatable bonds is 6. The monoisotopic (exact) mass is 306 g/mol. The number of nitrogens with zero attached hydrogens (tertiary/aromatic N) is 3. The van der Waals surface area contributed by atoms with Crippen molar-refractivity contribution in [2.45, 2.75) is 20.3 Å². The van der Waals surface area contributed by atoms with Crippen LogP contribution in [0.1, 0.15) is 28.0 Å². The molecule has 112 valence electrons. The zero-order valence-corrected chi connectivity index (χ0v) is 12.8. The maximum Gasteiger partial charge on any atom is 0.277 e. The van der Waals surface area contributed by atoms with E-state index in [0.717, 1.165) is 17.0 Å². The second kappa shape index (κ2) is 7.09. The highest BCUT2D eigenvalue weighted by Crippen LogP contribution is 2.23.